The van der Waals surface area contributed by atoms with Crippen molar-refractivity contribution in [1.82, 2.24) is 0 Å². The number of phenols is 2. The number of methoxy groups -OCH3 is 2. The number of esters is 2. The molecule has 0 spiro atoms. The van der Waals surface area contributed by atoms with Crippen molar-refractivity contribution in [1.29, 1.82) is 0 Å². The molecule has 0 saturated heterocycles. The Balaban J connectivity index is 1.46. The number of carbonyl (C=O) groups is 2. The van der Waals surface area contributed by atoms with Gasteiger partial charge in [0.2, 0.25) is 0 Å². The monoisotopic (exact) mass is 494 g/mol. The molecule has 35 heavy (non-hydrogen) atoms. The predicted molar refractivity (Wildman–Crippen MR) is 122 cm³/mol. The summed E-state index contributed by atoms with van der Waals surface area (Å²) in [6.45, 7) is 2.40. The van der Waals surface area contributed by atoms with Crippen molar-refractivity contribution in [3.05, 3.63) is 47.5 Å². The maximum absolute atomic E-state index is 11.5. The van der Waals surface area contributed by atoms with E-state index in [2.05, 4.69) is 9.47 Å². The Morgan fingerprint density at radius 3 is 1.57 bits per heavy atom. The van der Waals surface area contributed by atoms with Gasteiger partial charge >= 0.3 is 11.9 Å². The van der Waals surface area contributed by atoms with Crippen molar-refractivity contribution < 1.29 is 53.0 Å². The zero-order valence-corrected chi connectivity index (χ0v) is 19.7. The topological polar surface area (TPSA) is 139 Å². The summed E-state index contributed by atoms with van der Waals surface area (Å²) in [5, 5.41) is 19.7. The lowest BCUT2D eigenvalue weighted by molar-refractivity contribution is 0.00478. The van der Waals surface area contributed by atoms with Gasteiger partial charge in [-0.05, 0) is 36.4 Å². The van der Waals surface area contributed by atoms with Gasteiger partial charge in [0.15, 0.2) is 23.0 Å². The van der Waals surface area contributed by atoms with Crippen LogP contribution in [0.4, 0.5) is 0 Å². The van der Waals surface area contributed by atoms with Crippen LogP contribution in [0.1, 0.15) is 20.7 Å². The molecule has 11 heteroatoms. The second-order valence-corrected chi connectivity index (χ2v) is 6.88. The molecule has 2 aromatic carbocycles. The first-order valence-electron chi connectivity index (χ1n) is 10.8. The molecular formula is C24H30O11. The third-order valence-corrected chi connectivity index (χ3v) is 4.48. The van der Waals surface area contributed by atoms with E-state index in [1.165, 1.54) is 50.6 Å². The summed E-state index contributed by atoms with van der Waals surface area (Å²) in [6.07, 6.45) is 0. The molecule has 0 aliphatic rings. The molecule has 11 nitrogen and oxygen atoms in total. The summed E-state index contributed by atoms with van der Waals surface area (Å²) in [5.74, 6) is -0.900. The summed E-state index contributed by atoms with van der Waals surface area (Å²) in [6, 6.07) is 8.46. The fourth-order valence-corrected chi connectivity index (χ4v) is 2.72. The second kappa shape index (κ2) is 15.4. The van der Waals surface area contributed by atoms with Crippen molar-refractivity contribution in [2.75, 3.05) is 67.1 Å². The Morgan fingerprint density at radius 2 is 1.06 bits per heavy atom. The van der Waals surface area contributed by atoms with Crippen molar-refractivity contribution in [2.24, 2.45) is 0 Å². The number of ether oxygens (including phenoxy) is 7. The van der Waals surface area contributed by atoms with E-state index in [4.69, 9.17) is 23.7 Å². The number of benzene rings is 2. The Hall–Kier alpha value is -3.54. The zero-order chi connectivity index (χ0) is 25.5. The van der Waals surface area contributed by atoms with Gasteiger partial charge in [0.1, 0.15) is 13.2 Å². The number of aromatic hydroxyl groups is 2. The van der Waals surface area contributed by atoms with Gasteiger partial charge in [0, 0.05) is 0 Å². The molecule has 0 aliphatic carbocycles. The van der Waals surface area contributed by atoms with Crippen LogP contribution in [-0.2, 0) is 23.7 Å². The minimum Gasteiger partial charge on any atom is -0.504 e. The normalized spacial score (nSPS) is 10.6. The molecule has 0 aliphatic heterocycles. The van der Waals surface area contributed by atoms with Crippen LogP contribution in [0.3, 0.4) is 0 Å². The van der Waals surface area contributed by atoms with E-state index in [1.54, 1.807) is 0 Å². The number of hydrogen-bond acceptors (Lipinski definition) is 11. The van der Waals surface area contributed by atoms with Crippen LogP contribution < -0.4 is 9.47 Å². The van der Waals surface area contributed by atoms with Gasteiger partial charge in [0.25, 0.3) is 0 Å². The minimum atomic E-state index is -0.544. The number of hydrogen-bond donors (Lipinski definition) is 2. The van der Waals surface area contributed by atoms with Gasteiger partial charge < -0.3 is 43.4 Å². The Bertz CT molecular complexity index is 945. The highest BCUT2D eigenvalue weighted by Crippen LogP contribution is 2.28. The first-order chi connectivity index (χ1) is 17.0. The number of rotatable bonds is 16. The Morgan fingerprint density at radius 1 is 0.600 bits per heavy atom. The average molecular weight is 494 g/mol. The second-order valence-electron chi connectivity index (χ2n) is 6.88. The first kappa shape index (κ1) is 27.7. The third-order valence-electron chi connectivity index (χ3n) is 4.48. The van der Waals surface area contributed by atoms with Crippen LogP contribution in [0.15, 0.2) is 36.4 Å². The molecule has 2 rings (SSSR count). The lowest BCUT2D eigenvalue weighted by Crippen LogP contribution is -2.14. The highest BCUT2D eigenvalue weighted by Gasteiger charge is 2.11. The number of carbonyl (C=O) groups excluding carboxylic acids is 2. The van der Waals surface area contributed by atoms with Crippen molar-refractivity contribution in [2.45, 2.75) is 0 Å². The van der Waals surface area contributed by atoms with Gasteiger partial charge in [-0.25, -0.2) is 9.59 Å². The van der Waals surface area contributed by atoms with E-state index in [0.29, 0.717) is 33.0 Å². The van der Waals surface area contributed by atoms with Crippen molar-refractivity contribution in [3.63, 3.8) is 0 Å². The van der Waals surface area contributed by atoms with Crippen molar-refractivity contribution >= 4 is 11.9 Å². The Kier molecular flexibility index (Phi) is 12.2. The molecule has 0 unspecified atom stereocenters. The summed E-state index contributed by atoms with van der Waals surface area (Å²) >= 11 is 0. The quantitative estimate of drug-likeness (QED) is 0.262. The molecular weight excluding hydrogens is 464 g/mol. The van der Waals surface area contributed by atoms with E-state index in [0.717, 1.165) is 0 Å². The molecule has 192 valence electrons. The molecule has 0 atom stereocenters. The van der Waals surface area contributed by atoms with E-state index < -0.39 is 11.9 Å². The van der Waals surface area contributed by atoms with Crippen molar-refractivity contribution in [3.8, 4) is 23.0 Å². The highest BCUT2D eigenvalue weighted by molar-refractivity contribution is 5.90. The number of phenolic OH excluding ortho intramolecular Hbond substituents is 2. The molecule has 0 radical (unpaired) electrons. The zero-order valence-electron chi connectivity index (χ0n) is 19.7. The molecule has 0 fully saturated rings. The van der Waals surface area contributed by atoms with Gasteiger partial charge in [-0.3, -0.25) is 0 Å². The molecule has 2 N–H and O–H groups in total. The van der Waals surface area contributed by atoms with Crippen LogP contribution in [0.2, 0.25) is 0 Å². The van der Waals surface area contributed by atoms with Gasteiger partial charge in [-0.2, -0.15) is 0 Å². The third kappa shape index (κ3) is 9.69. The standard InChI is InChI=1S/C24H30O11/c1-29-23(27)17-4-6-21(20(26)15-17)34-13-11-32-9-7-31-8-10-33-12-14-35-22-16-18(24(28)30-2)3-5-19(22)25/h3-6,15-16,25-26H,7-14H2,1-2H3. The van der Waals surface area contributed by atoms with Crippen LogP contribution in [-0.4, -0.2) is 89.2 Å². The summed E-state index contributed by atoms with van der Waals surface area (Å²) in [5.41, 5.74) is 0.503. The van der Waals surface area contributed by atoms with Crippen LogP contribution >= 0.6 is 0 Å². The maximum atomic E-state index is 11.5. The van der Waals surface area contributed by atoms with E-state index in [9.17, 15) is 19.8 Å². The average Bonchev–Trinajstić information content (AvgIpc) is 2.87. The van der Waals surface area contributed by atoms with Gasteiger partial charge in [0.05, 0.1) is 65.0 Å². The lowest BCUT2D eigenvalue weighted by atomic mass is 10.2. The molecule has 0 saturated carbocycles. The first-order valence-corrected chi connectivity index (χ1v) is 10.8. The van der Waals surface area contributed by atoms with E-state index in [-0.39, 0.29) is 53.9 Å². The van der Waals surface area contributed by atoms with E-state index >= 15 is 0 Å². The molecule has 2 aromatic rings. The van der Waals surface area contributed by atoms with E-state index in [1.807, 2.05) is 0 Å². The van der Waals surface area contributed by atoms with Crippen LogP contribution in [0.25, 0.3) is 0 Å². The summed E-state index contributed by atoms with van der Waals surface area (Å²) < 4.78 is 36.2. The fraction of sp³-hybridized carbons (Fsp3) is 0.417. The van der Waals surface area contributed by atoms with Gasteiger partial charge in [-0.15, -0.1) is 0 Å². The largest absolute Gasteiger partial charge is 0.504 e. The maximum Gasteiger partial charge on any atom is 0.337 e. The molecule has 0 heterocycles. The summed E-state index contributed by atoms with van der Waals surface area (Å²) in [4.78, 5) is 22.9. The molecule has 0 amide bonds. The highest BCUT2D eigenvalue weighted by atomic mass is 16.6. The smallest absolute Gasteiger partial charge is 0.337 e. The lowest BCUT2D eigenvalue weighted by Gasteiger charge is -2.11. The SMILES string of the molecule is COC(=O)c1ccc(OCCOCCOCCOCCOc2cc(C(=O)OC)ccc2O)c(O)c1. The van der Waals surface area contributed by atoms with Crippen LogP contribution in [0, 0.1) is 0 Å². The van der Waals surface area contributed by atoms with Gasteiger partial charge in [-0.1, -0.05) is 0 Å². The minimum absolute atomic E-state index is 0.0836. The molecule has 0 aromatic heterocycles. The predicted octanol–water partition coefficient (Wildman–Crippen LogP) is 2.18. The van der Waals surface area contributed by atoms with Crippen LogP contribution in [0.5, 0.6) is 23.0 Å². The molecule has 0 bridgehead atoms. The fourth-order valence-electron chi connectivity index (χ4n) is 2.72. The summed E-state index contributed by atoms with van der Waals surface area (Å²) in [7, 11) is 2.53. The Labute approximate surface area is 203 Å².